The first-order valence-electron chi connectivity index (χ1n) is 12.6. The van der Waals surface area contributed by atoms with Crippen LogP contribution in [0.1, 0.15) is 34.7 Å². The first-order valence-corrected chi connectivity index (χ1v) is 12.6. The Morgan fingerprint density at radius 2 is 1.66 bits per heavy atom. The number of nitrogens with zero attached hydrogens (tertiary/aromatic N) is 2. The van der Waals surface area contributed by atoms with Crippen LogP contribution in [0.2, 0.25) is 0 Å². The number of rotatable bonds is 10. The first-order chi connectivity index (χ1) is 18.3. The Balaban J connectivity index is 1.63. The second-order valence-corrected chi connectivity index (χ2v) is 9.72. The zero-order valence-electron chi connectivity index (χ0n) is 22.3. The number of ketones is 1. The molecule has 1 aliphatic heterocycles. The fourth-order valence-electron chi connectivity index (χ4n) is 4.63. The minimum atomic E-state index is -0.694. The molecule has 1 amide bonds. The summed E-state index contributed by atoms with van der Waals surface area (Å²) in [5, 5.41) is 11.3. The van der Waals surface area contributed by atoms with E-state index in [1.165, 1.54) is 0 Å². The van der Waals surface area contributed by atoms with Gasteiger partial charge in [-0.3, -0.25) is 9.59 Å². The number of benzene rings is 3. The minimum Gasteiger partial charge on any atom is -0.507 e. The molecule has 1 fully saturated rings. The van der Waals surface area contributed by atoms with Gasteiger partial charge in [0.1, 0.15) is 23.9 Å². The highest BCUT2D eigenvalue weighted by Gasteiger charge is 2.45. The molecule has 1 unspecified atom stereocenters. The Morgan fingerprint density at radius 1 is 0.974 bits per heavy atom. The normalized spacial score (nSPS) is 16.8. The van der Waals surface area contributed by atoms with Gasteiger partial charge in [-0.2, -0.15) is 0 Å². The summed E-state index contributed by atoms with van der Waals surface area (Å²) >= 11 is 0. The Hall–Kier alpha value is -4.10. The van der Waals surface area contributed by atoms with Gasteiger partial charge in [0.05, 0.1) is 18.7 Å². The number of ether oxygens (including phenoxy) is 2. The highest BCUT2D eigenvalue weighted by Crippen LogP contribution is 2.40. The molecule has 7 heteroatoms. The molecule has 1 saturated heterocycles. The lowest BCUT2D eigenvalue weighted by Gasteiger charge is -2.26. The predicted octanol–water partition coefficient (Wildman–Crippen LogP) is 4.96. The van der Waals surface area contributed by atoms with Crippen molar-refractivity contribution in [2.24, 2.45) is 0 Å². The molecule has 3 aromatic carbocycles. The van der Waals surface area contributed by atoms with Crippen LogP contribution >= 0.6 is 0 Å². The van der Waals surface area contributed by atoms with Crippen molar-refractivity contribution >= 4 is 17.4 Å². The van der Waals surface area contributed by atoms with E-state index in [0.29, 0.717) is 36.6 Å². The molecule has 7 nitrogen and oxygen atoms in total. The summed E-state index contributed by atoms with van der Waals surface area (Å²) in [6.07, 6.45) is 0.694. The van der Waals surface area contributed by atoms with E-state index in [1.54, 1.807) is 48.4 Å². The quantitative estimate of drug-likeness (QED) is 0.234. The second-order valence-electron chi connectivity index (χ2n) is 9.72. The Labute approximate surface area is 223 Å². The van der Waals surface area contributed by atoms with Gasteiger partial charge in [-0.15, -0.1) is 0 Å². The number of likely N-dealkylation sites (tertiary alicyclic amines) is 1. The van der Waals surface area contributed by atoms with Crippen LogP contribution in [0.4, 0.5) is 0 Å². The van der Waals surface area contributed by atoms with Crippen LogP contribution in [-0.4, -0.2) is 60.9 Å². The van der Waals surface area contributed by atoms with Crippen molar-refractivity contribution in [1.82, 2.24) is 9.80 Å². The third kappa shape index (κ3) is 6.06. The van der Waals surface area contributed by atoms with Crippen LogP contribution in [0.3, 0.4) is 0 Å². The summed E-state index contributed by atoms with van der Waals surface area (Å²) in [5.41, 5.74) is 3.48. The van der Waals surface area contributed by atoms with Crippen molar-refractivity contribution in [2.45, 2.75) is 26.0 Å². The lowest BCUT2D eigenvalue weighted by atomic mass is 9.95. The number of Topliss-reactive ketones (excluding diaryl/α,β-unsaturated/α-hetero) is 1. The predicted molar refractivity (Wildman–Crippen MR) is 147 cm³/mol. The number of aryl methyl sites for hydroxylation is 1. The Bertz CT molecular complexity index is 1310. The van der Waals surface area contributed by atoms with Gasteiger partial charge >= 0.3 is 0 Å². The van der Waals surface area contributed by atoms with Crippen molar-refractivity contribution in [3.05, 3.63) is 101 Å². The molecule has 0 aromatic heterocycles. The molecule has 1 aliphatic rings. The van der Waals surface area contributed by atoms with E-state index in [9.17, 15) is 14.7 Å². The summed E-state index contributed by atoms with van der Waals surface area (Å²) < 4.78 is 11.2. The van der Waals surface area contributed by atoms with Gasteiger partial charge in [0.25, 0.3) is 11.7 Å². The van der Waals surface area contributed by atoms with E-state index in [0.717, 1.165) is 23.2 Å². The molecule has 0 saturated carbocycles. The van der Waals surface area contributed by atoms with Crippen molar-refractivity contribution in [3.63, 3.8) is 0 Å². The first kappa shape index (κ1) is 26.9. The van der Waals surface area contributed by atoms with Crippen LogP contribution in [0.15, 0.2) is 78.4 Å². The van der Waals surface area contributed by atoms with Crippen LogP contribution in [0.25, 0.3) is 5.76 Å². The number of aliphatic hydroxyl groups excluding tert-OH is 1. The Morgan fingerprint density at radius 3 is 2.29 bits per heavy atom. The molecule has 1 N–H and O–H groups in total. The maximum atomic E-state index is 13.2. The van der Waals surface area contributed by atoms with E-state index in [2.05, 4.69) is 6.07 Å². The molecule has 1 atom stereocenters. The molecular weight excluding hydrogens is 480 g/mol. The van der Waals surface area contributed by atoms with Crippen LogP contribution in [-0.2, 0) is 16.2 Å². The number of hydrogen-bond acceptors (Lipinski definition) is 6. The Kier molecular flexibility index (Phi) is 8.48. The number of carbonyl (C=O) groups is 2. The molecule has 1 heterocycles. The molecule has 198 valence electrons. The number of aliphatic hydroxyl groups is 1. The number of methoxy groups -OCH3 is 1. The third-order valence-corrected chi connectivity index (χ3v) is 6.59. The van der Waals surface area contributed by atoms with Gasteiger partial charge in [0.2, 0.25) is 0 Å². The van der Waals surface area contributed by atoms with Gasteiger partial charge in [0.15, 0.2) is 0 Å². The molecule has 0 aliphatic carbocycles. The zero-order chi connectivity index (χ0) is 27.2. The summed E-state index contributed by atoms with van der Waals surface area (Å²) in [4.78, 5) is 29.9. The highest BCUT2D eigenvalue weighted by molar-refractivity contribution is 6.46. The van der Waals surface area contributed by atoms with E-state index in [4.69, 9.17) is 9.47 Å². The average molecular weight is 515 g/mol. The molecule has 0 bridgehead atoms. The van der Waals surface area contributed by atoms with Gasteiger partial charge in [-0.25, -0.2) is 0 Å². The van der Waals surface area contributed by atoms with Gasteiger partial charge in [-0.05, 0) is 81.5 Å². The van der Waals surface area contributed by atoms with Crippen molar-refractivity contribution in [3.8, 4) is 11.5 Å². The second kappa shape index (κ2) is 12.0. The fourth-order valence-corrected chi connectivity index (χ4v) is 4.63. The lowest BCUT2D eigenvalue weighted by molar-refractivity contribution is -0.139. The highest BCUT2D eigenvalue weighted by atomic mass is 16.5. The molecule has 3 aromatic rings. The molecule has 0 spiro atoms. The molecular formula is C31H34N2O5. The third-order valence-electron chi connectivity index (χ3n) is 6.59. The van der Waals surface area contributed by atoms with E-state index < -0.39 is 17.7 Å². The largest absolute Gasteiger partial charge is 0.507 e. The number of hydrogen-bond donors (Lipinski definition) is 1. The van der Waals surface area contributed by atoms with E-state index in [-0.39, 0.29) is 11.3 Å². The van der Waals surface area contributed by atoms with Gasteiger partial charge in [0, 0.05) is 12.1 Å². The van der Waals surface area contributed by atoms with Gasteiger partial charge in [-0.1, -0.05) is 42.0 Å². The van der Waals surface area contributed by atoms with Crippen molar-refractivity contribution < 1.29 is 24.2 Å². The van der Waals surface area contributed by atoms with Crippen LogP contribution < -0.4 is 9.47 Å². The monoisotopic (exact) mass is 514 g/mol. The van der Waals surface area contributed by atoms with Crippen molar-refractivity contribution in [1.29, 1.82) is 0 Å². The van der Waals surface area contributed by atoms with Crippen LogP contribution in [0.5, 0.6) is 11.5 Å². The number of amides is 1. The van der Waals surface area contributed by atoms with Gasteiger partial charge < -0.3 is 24.4 Å². The molecule has 0 radical (unpaired) electrons. The number of carbonyl (C=O) groups excluding carboxylic acids is 2. The van der Waals surface area contributed by atoms with E-state index >= 15 is 0 Å². The van der Waals surface area contributed by atoms with Crippen molar-refractivity contribution in [2.75, 3.05) is 34.3 Å². The summed E-state index contributed by atoms with van der Waals surface area (Å²) in [5.74, 6) is -0.194. The fraction of sp³-hybridized carbons (Fsp3) is 0.290. The zero-order valence-corrected chi connectivity index (χ0v) is 22.3. The van der Waals surface area contributed by atoms with Crippen LogP contribution in [0, 0.1) is 6.92 Å². The molecule has 4 rings (SSSR count). The minimum absolute atomic E-state index is 0.0819. The summed E-state index contributed by atoms with van der Waals surface area (Å²) in [6, 6.07) is 21.5. The van der Waals surface area contributed by atoms with E-state index in [1.807, 2.05) is 56.3 Å². The average Bonchev–Trinajstić information content (AvgIpc) is 3.17. The topological polar surface area (TPSA) is 79.3 Å². The summed E-state index contributed by atoms with van der Waals surface area (Å²) in [6.45, 7) is 3.61. The SMILES string of the molecule is COc1ccc(C2/C(=C(\O)c3ccc(OCc4cccc(C)c4)cc3)C(=O)C(=O)N2CCCN(C)C)cc1. The standard InChI is InChI=1S/C31H34N2O5/c1-21-7-5-8-22(19-21)20-38-26-15-11-24(12-16-26)29(34)27-28(23-9-13-25(37-4)14-10-23)33(31(36)30(27)35)18-6-17-32(2)3/h5,7-16,19,28,34H,6,17-18,20H2,1-4H3/b29-27+. The maximum absolute atomic E-state index is 13.2. The smallest absolute Gasteiger partial charge is 0.295 e. The molecule has 38 heavy (non-hydrogen) atoms. The lowest BCUT2D eigenvalue weighted by Crippen LogP contribution is -2.32. The maximum Gasteiger partial charge on any atom is 0.295 e. The summed E-state index contributed by atoms with van der Waals surface area (Å²) in [7, 11) is 5.50.